The van der Waals surface area contributed by atoms with Crippen molar-refractivity contribution in [1.29, 1.82) is 0 Å². The Labute approximate surface area is 259 Å². The van der Waals surface area contributed by atoms with Crippen LogP contribution in [-0.4, -0.2) is 58.4 Å². The van der Waals surface area contributed by atoms with E-state index < -0.39 is 10.1 Å². The average molecular weight is 630 g/mol. The number of ether oxygens (including phenoxy) is 1. The topological polar surface area (TPSA) is 173 Å². The predicted molar refractivity (Wildman–Crippen MR) is 169 cm³/mol. The summed E-state index contributed by atoms with van der Waals surface area (Å²) in [6.07, 6.45) is 4.31. The minimum Gasteiger partial charge on any atom is -0.489 e. The summed E-state index contributed by atoms with van der Waals surface area (Å²) in [5, 5.41) is 13.2. The molecule has 240 valence electrons. The van der Waals surface area contributed by atoms with E-state index in [9.17, 15) is 18.0 Å². The lowest BCUT2D eigenvalue weighted by atomic mass is 9.81. The zero-order valence-corrected chi connectivity index (χ0v) is 27.3. The van der Waals surface area contributed by atoms with Crippen LogP contribution in [0, 0.1) is 0 Å². The molecule has 0 aliphatic carbocycles. The predicted octanol–water partition coefficient (Wildman–Crippen LogP) is 4.99. The van der Waals surface area contributed by atoms with E-state index in [1.165, 1.54) is 0 Å². The van der Waals surface area contributed by atoms with Gasteiger partial charge in [0.05, 0.1) is 18.9 Å². The molecule has 3 aromatic rings. The van der Waals surface area contributed by atoms with E-state index in [4.69, 9.17) is 13.8 Å². The third-order valence-electron chi connectivity index (χ3n) is 6.52. The summed E-state index contributed by atoms with van der Waals surface area (Å²) >= 11 is 0. The number of benzene rings is 1. The van der Waals surface area contributed by atoms with Crippen LogP contribution in [0.2, 0.25) is 0 Å². The molecule has 2 amide bonds. The number of aromatic nitrogens is 2. The first-order valence-corrected chi connectivity index (χ1v) is 16.0. The first-order valence-electron chi connectivity index (χ1n) is 14.2. The van der Waals surface area contributed by atoms with Crippen molar-refractivity contribution in [3.63, 3.8) is 0 Å². The lowest BCUT2D eigenvalue weighted by Crippen LogP contribution is -2.60. The monoisotopic (exact) mass is 629 g/mol. The number of nitrogens with one attached hydrogen (secondary N) is 3. The van der Waals surface area contributed by atoms with Gasteiger partial charge < -0.3 is 25.2 Å². The van der Waals surface area contributed by atoms with Gasteiger partial charge in [0.1, 0.15) is 23.3 Å². The van der Waals surface area contributed by atoms with E-state index in [0.29, 0.717) is 35.0 Å². The van der Waals surface area contributed by atoms with Crippen molar-refractivity contribution < 1.29 is 31.8 Å². The summed E-state index contributed by atoms with van der Waals surface area (Å²) in [5.41, 5.74) is 1.46. The molecule has 0 atom stereocenters. The summed E-state index contributed by atoms with van der Waals surface area (Å²) < 4.78 is 37.4. The van der Waals surface area contributed by atoms with Crippen molar-refractivity contribution in [3.05, 3.63) is 65.7 Å². The zero-order chi connectivity index (χ0) is 32.9. The van der Waals surface area contributed by atoms with Gasteiger partial charge in [0.15, 0.2) is 5.82 Å². The van der Waals surface area contributed by atoms with Crippen LogP contribution in [0.5, 0.6) is 5.75 Å². The Morgan fingerprint density at radius 2 is 1.64 bits per heavy atom. The highest BCUT2D eigenvalue weighted by molar-refractivity contribution is 7.85. The number of hydrogen-bond donors (Lipinski definition) is 4. The summed E-state index contributed by atoms with van der Waals surface area (Å²) in [4.78, 5) is 29.4. The second kappa shape index (κ2) is 13.4. The SMILES string of the molecule is CC1(C)CC(Oc2ccc(C(=O)Nc3ccc(CC(=O)Nc4cc(C(C)(C)C)on4)cc3)nc2)CC(C)(C)N1.CS(=O)(=O)O. The standard InChI is InChI=1S/C30H39N5O4.CH4O3S/c1-28(2,3)24-15-25(34-39-24)33-26(36)14-19-8-10-20(11-9-19)32-27(37)23-13-12-21(18-31-23)38-22-16-29(4,5)35-30(6,7)17-22;1-5(2,3)4/h8-13,15,18,22,35H,14,16-17H2,1-7H3,(H,32,37)(H,33,34,36);1H3,(H,2,3,4). The Morgan fingerprint density at radius 1 is 1.05 bits per heavy atom. The number of piperidine rings is 1. The third kappa shape index (κ3) is 11.7. The molecule has 1 aromatic carbocycles. The first-order chi connectivity index (χ1) is 20.2. The second-order valence-corrected chi connectivity index (χ2v) is 14.8. The van der Waals surface area contributed by atoms with Crippen LogP contribution in [0.4, 0.5) is 11.5 Å². The number of anilines is 2. The number of amides is 2. The number of nitrogens with zero attached hydrogens (tertiary/aromatic N) is 2. The lowest BCUT2D eigenvalue weighted by molar-refractivity contribution is -0.115. The van der Waals surface area contributed by atoms with Crippen molar-refractivity contribution >= 4 is 33.4 Å². The van der Waals surface area contributed by atoms with Crippen LogP contribution < -0.4 is 20.7 Å². The van der Waals surface area contributed by atoms with Gasteiger partial charge in [-0.25, -0.2) is 4.98 Å². The van der Waals surface area contributed by atoms with Crippen LogP contribution in [0.1, 0.15) is 83.1 Å². The fourth-order valence-corrected chi connectivity index (χ4v) is 5.05. The molecule has 13 heteroatoms. The van der Waals surface area contributed by atoms with Crippen molar-refractivity contribution in [2.45, 2.75) is 90.3 Å². The summed E-state index contributed by atoms with van der Waals surface area (Å²) in [7, 11) is -3.67. The number of carbonyl (C=O) groups is 2. The smallest absolute Gasteiger partial charge is 0.274 e. The molecule has 2 aromatic heterocycles. The molecule has 4 rings (SSSR count). The van der Waals surface area contributed by atoms with Gasteiger partial charge in [0.25, 0.3) is 16.0 Å². The largest absolute Gasteiger partial charge is 0.489 e. The van der Waals surface area contributed by atoms with Crippen LogP contribution in [0.3, 0.4) is 0 Å². The fourth-order valence-electron chi connectivity index (χ4n) is 5.05. The van der Waals surface area contributed by atoms with Crippen LogP contribution in [0.15, 0.2) is 53.2 Å². The molecule has 0 radical (unpaired) electrons. The van der Waals surface area contributed by atoms with Gasteiger partial charge >= 0.3 is 0 Å². The second-order valence-electron chi connectivity index (χ2n) is 13.4. The van der Waals surface area contributed by atoms with Gasteiger partial charge in [0, 0.05) is 41.1 Å². The molecule has 1 aliphatic heterocycles. The maximum Gasteiger partial charge on any atom is 0.274 e. The van der Waals surface area contributed by atoms with E-state index in [0.717, 1.165) is 18.4 Å². The van der Waals surface area contributed by atoms with E-state index in [-0.39, 0.29) is 40.8 Å². The Balaban J connectivity index is 0.000000978. The molecule has 44 heavy (non-hydrogen) atoms. The maximum atomic E-state index is 12.7. The van der Waals surface area contributed by atoms with Gasteiger partial charge in [-0.15, -0.1) is 0 Å². The minimum atomic E-state index is -3.67. The normalized spacial score (nSPS) is 16.3. The summed E-state index contributed by atoms with van der Waals surface area (Å²) in [5.74, 6) is 1.21. The number of pyridine rings is 1. The Hall–Kier alpha value is -3.81. The highest BCUT2D eigenvalue weighted by Crippen LogP contribution is 2.31. The molecule has 4 N–H and O–H groups in total. The first kappa shape index (κ1) is 34.7. The third-order valence-corrected chi connectivity index (χ3v) is 6.52. The molecule has 1 saturated heterocycles. The van der Waals surface area contributed by atoms with Crippen molar-refractivity contribution in [1.82, 2.24) is 15.5 Å². The van der Waals surface area contributed by atoms with E-state index in [2.05, 4.69) is 53.8 Å². The van der Waals surface area contributed by atoms with E-state index in [1.54, 1.807) is 48.7 Å². The Morgan fingerprint density at radius 3 is 2.14 bits per heavy atom. The van der Waals surface area contributed by atoms with Crippen molar-refractivity contribution in [3.8, 4) is 5.75 Å². The molecular weight excluding hydrogens is 586 g/mol. The Bertz CT molecular complexity index is 1520. The van der Waals surface area contributed by atoms with Crippen LogP contribution in [-0.2, 0) is 26.7 Å². The average Bonchev–Trinajstić information content (AvgIpc) is 3.32. The van der Waals surface area contributed by atoms with Gasteiger partial charge in [-0.2, -0.15) is 8.42 Å². The van der Waals surface area contributed by atoms with E-state index >= 15 is 0 Å². The van der Waals surface area contributed by atoms with Gasteiger partial charge in [0.2, 0.25) is 5.91 Å². The molecule has 0 spiro atoms. The van der Waals surface area contributed by atoms with Gasteiger partial charge in [-0.05, 0) is 57.5 Å². The number of hydrogen-bond acceptors (Lipinski definition) is 9. The number of carbonyl (C=O) groups excluding carboxylic acids is 2. The molecule has 0 unspecified atom stereocenters. The Kier molecular flexibility index (Phi) is 10.6. The fraction of sp³-hybridized carbons (Fsp3) is 0.484. The molecule has 1 fully saturated rings. The zero-order valence-electron chi connectivity index (χ0n) is 26.5. The number of rotatable bonds is 7. The highest BCUT2D eigenvalue weighted by atomic mass is 32.2. The molecule has 0 bridgehead atoms. The van der Waals surface area contributed by atoms with Crippen LogP contribution >= 0.6 is 0 Å². The lowest BCUT2D eigenvalue weighted by Gasteiger charge is -2.46. The van der Waals surface area contributed by atoms with Crippen molar-refractivity contribution in [2.24, 2.45) is 0 Å². The van der Waals surface area contributed by atoms with Crippen molar-refractivity contribution in [2.75, 3.05) is 16.9 Å². The molecule has 0 saturated carbocycles. The molecular formula is C31H43N5O7S. The summed E-state index contributed by atoms with van der Waals surface area (Å²) in [6, 6.07) is 12.3. The minimum absolute atomic E-state index is 0.0216. The quantitative estimate of drug-likeness (QED) is 0.261. The molecule has 1 aliphatic rings. The maximum absolute atomic E-state index is 12.7. The molecule has 12 nitrogen and oxygen atoms in total. The van der Waals surface area contributed by atoms with Gasteiger partial charge in [-0.3, -0.25) is 14.1 Å². The van der Waals surface area contributed by atoms with Gasteiger partial charge in [-0.1, -0.05) is 38.1 Å². The highest BCUT2D eigenvalue weighted by Gasteiger charge is 2.38. The summed E-state index contributed by atoms with van der Waals surface area (Å²) in [6.45, 7) is 14.7. The molecule has 3 heterocycles. The van der Waals surface area contributed by atoms with E-state index in [1.807, 2.05) is 20.8 Å². The van der Waals surface area contributed by atoms with Crippen LogP contribution in [0.25, 0.3) is 0 Å².